The summed E-state index contributed by atoms with van der Waals surface area (Å²) in [6.07, 6.45) is 8.82. The Hall–Kier alpha value is -1.99. The minimum Gasteiger partial charge on any atom is -0.372 e. The predicted molar refractivity (Wildman–Crippen MR) is 95.5 cm³/mol. The van der Waals surface area contributed by atoms with Crippen molar-refractivity contribution in [3.05, 3.63) is 36.0 Å². The normalized spacial score (nSPS) is 21.9. The van der Waals surface area contributed by atoms with Gasteiger partial charge in [-0.1, -0.05) is 0 Å². The van der Waals surface area contributed by atoms with E-state index in [1.165, 1.54) is 11.3 Å². The summed E-state index contributed by atoms with van der Waals surface area (Å²) in [6.45, 7) is 3.94. The lowest BCUT2D eigenvalue weighted by molar-refractivity contribution is 0.0101. The highest BCUT2D eigenvalue weighted by atomic mass is 16.5. The molecule has 0 radical (unpaired) electrons. The summed E-state index contributed by atoms with van der Waals surface area (Å²) in [7, 11) is 4.16. The molecule has 1 fully saturated rings. The molecule has 0 bridgehead atoms. The fourth-order valence-corrected chi connectivity index (χ4v) is 4.00. The fraction of sp³-hybridized carbons (Fsp3) is 0.611. The van der Waals surface area contributed by atoms with Crippen LogP contribution in [0.3, 0.4) is 0 Å². The highest BCUT2D eigenvalue weighted by Gasteiger charge is 2.29. The summed E-state index contributed by atoms with van der Waals surface area (Å²) >= 11 is 0. The smallest absolute Gasteiger partial charge is 0.131 e. The van der Waals surface area contributed by atoms with E-state index in [0.717, 1.165) is 51.3 Å². The third-order valence-electron chi connectivity index (χ3n) is 5.56. The van der Waals surface area contributed by atoms with Gasteiger partial charge in [-0.3, -0.25) is 4.68 Å². The molecular weight excluding hydrogens is 316 g/mol. The quantitative estimate of drug-likeness (QED) is 0.838. The molecule has 0 N–H and O–H groups in total. The molecule has 0 aromatic carbocycles. The summed E-state index contributed by atoms with van der Waals surface area (Å²) in [5, 5.41) is 4.41. The molecule has 0 saturated carbocycles. The van der Waals surface area contributed by atoms with E-state index in [0.29, 0.717) is 6.04 Å². The summed E-state index contributed by atoms with van der Waals surface area (Å²) in [4.78, 5) is 13.2. The number of piperidine rings is 1. The fourth-order valence-electron chi connectivity index (χ4n) is 4.00. The lowest BCUT2D eigenvalue weighted by Crippen LogP contribution is -2.45. The first-order valence-corrected chi connectivity index (χ1v) is 9.06. The largest absolute Gasteiger partial charge is 0.372 e. The molecule has 4 rings (SSSR count). The topological polar surface area (TPSA) is 59.3 Å². The van der Waals surface area contributed by atoms with Gasteiger partial charge in [0.1, 0.15) is 12.1 Å². The minimum absolute atomic E-state index is 0.161. The Kier molecular flexibility index (Phi) is 4.67. The molecule has 1 saturated heterocycles. The Morgan fingerprint density at radius 2 is 2.16 bits per heavy atom. The van der Waals surface area contributed by atoms with E-state index in [1.54, 1.807) is 12.5 Å². The number of rotatable bonds is 4. The summed E-state index contributed by atoms with van der Waals surface area (Å²) in [5.74, 6) is 1.00. The van der Waals surface area contributed by atoms with Gasteiger partial charge in [0.2, 0.25) is 0 Å². The Morgan fingerprint density at radius 1 is 1.32 bits per heavy atom. The maximum absolute atomic E-state index is 6.04. The number of likely N-dealkylation sites (tertiary alicyclic amines) is 1. The molecule has 0 spiro atoms. The van der Waals surface area contributed by atoms with Gasteiger partial charge in [0.25, 0.3) is 0 Å². The maximum Gasteiger partial charge on any atom is 0.131 e. The molecule has 2 aromatic rings. The molecule has 2 aromatic heterocycles. The molecule has 7 nitrogen and oxygen atoms in total. The Bertz CT molecular complexity index is 695. The van der Waals surface area contributed by atoms with E-state index in [2.05, 4.69) is 31.9 Å². The molecule has 25 heavy (non-hydrogen) atoms. The van der Waals surface area contributed by atoms with E-state index in [9.17, 15) is 0 Å². The van der Waals surface area contributed by atoms with Crippen LogP contribution in [-0.2, 0) is 18.2 Å². The zero-order valence-electron chi connectivity index (χ0n) is 15.0. The molecule has 2 aliphatic heterocycles. The van der Waals surface area contributed by atoms with E-state index in [-0.39, 0.29) is 6.10 Å². The van der Waals surface area contributed by atoms with Gasteiger partial charge in [-0.25, -0.2) is 9.97 Å². The zero-order valence-corrected chi connectivity index (χ0v) is 15.0. The number of hydrogen-bond acceptors (Lipinski definition) is 6. The van der Waals surface area contributed by atoms with E-state index >= 15 is 0 Å². The molecule has 1 atom stereocenters. The standard InChI is InChI=1S/C18H26N6O/c1-22(18-3-7-19-13-20-18)14-4-8-24(9-5-14)12-17-15-11-21-23(2)16(15)6-10-25-17/h3,7,11,13-14,17H,4-6,8-10,12H2,1-2H3. The summed E-state index contributed by atoms with van der Waals surface area (Å²) < 4.78 is 8.04. The van der Waals surface area contributed by atoms with Gasteiger partial charge in [-0.2, -0.15) is 5.10 Å². The number of nitrogens with zero attached hydrogens (tertiary/aromatic N) is 6. The second-order valence-corrected chi connectivity index (χ2v) is 6.99. The molecular formula is C18H26N6O. The second kappa shape index (κ2) is 7.09. The van der Waals surface area contributed by atoms with Crippen molar-refractivity contribution in [2.75, 3.05) is 38.2 Å². The van der Waals surface area contributed by atoms with Crippen LogP contribution in [0.1, 0.15) is 30.2 Å². The van der Waals surface area contributed by atoms with Crippen LogP contribution in [0, 0.1) is 0 Å². The summed E-state index contributed by atoms with van der Waals surface area (Å²) in [5.41, 5.74) is 2.60. The molecule has 1 unspecified atom stereocenters. The van der Waals surface area contributed by atoms with Crippen LogP contribution in [0.15, 0.2) is 24.8 Å². The van der Waals surface area contributed by atoms with Gasteiger partial charge >= 0.3 is 0 Å². The van der Waals surface area contributed by atoms with Crippen molar-refractivity contribution in [2.24, 2.45) is 7.05 Å². The first kappa shape index (κ1) is 16.5. The molecule has 2 aliphatic rings. The van der Waals surface area contributed by atoms with Crippen molar-refractivity contribution in [1.29, 1.82) is 0 Å². The van der Waals surface area contributed by atoms with Crippen LogP contribution in [0.2, 0.25) is 0 Å². The zero-order chi connectivity index (χ0) is 17.2. The van der Waals surface area contributed by atoms with Crippen LogP contribution in [0.4, 0.5) is 5.82 Å². The van der Waals surface area contributed by atoms with Crippen LogP contribution in [-0.4, -0.2) is 64.0 Å². The molecule has 0 aliphatic carbocycles. The van der Waals surface area contributed by atoms with E-state index in [1.807, 2.05) is 24.0 Å². The van der Waals surface area contributed by atoms with Gasteiger partial charge in [-0.15, -0.1) is 0 Å². The van der Waals surface area contributed by atoms with Crippen LogP contribution < -0.4 is 4.90 Å². The number of ether oxygens (including phenoxy) is 1. The van der Waals surface area contributed by atoms with Gasteiger partial charge in [-0.05, 0) is 18.9 Å². The number of aryl methyl sites for hydroxylation is 1. The SMILES string of the molecule is CN(c1ccncn1)C1CCN(CC2OCCc3c2cnn3C)CC1. The summed E-state index contributed by atoms with van der Waals surface area (Å²) in [6, 6.07) is 2.51. The van der Waals surface area contributed by atoms with Gasteiger partial charge in [0.05, 0.1) is 18.9 Å². The van der Waals surface area contributed by atoms with Gasteiger partial charge in [0, 0.05) is 63.6 Å². The van der Waals surface area contributed by atoms with Crippen LogP contribution in [0.5, 0.6) is 0 Å². The predicted octanol–water partition coefficient (Wildman–Crippen LogP) is 1.42. The van der Waals surface area contributed by atoms with E-state index < -0.39 is 0 Å². The average molecular weight is 342 g/mol. The lowest BCUT2D eigenvalue weighted by atomic mass is 10.0. The number of fused-ring (bicyclic) bond motifs is 1. The first-order valence-electron chi connectivity index (χ1n) is 9.06. The van der Waals surface area contributed by atoms with Crippen molar-refractivity contribution >= 4 is 5.82 Å². The first-order chi connectivity index (χ1) is 12.2. The molecule has 7 heteroatoms. The minimum atomic E-state index is 0.161. The van der Waals surface area contributed by atoms with Crippen molar-refractivity contribution < 1.29 is 4.74 Å². The maximum atomic E-state index is 6.04. The lowest BCUT2D eigenvalue weighted by Gasteiger charge is -2.38. The van der Waals surface area contributed by atoms with Crippen LogP contribution in [0.25, 0.3) is 0 Å². The van der Waals surface area contributed by atoms with Gasteiger partial charge in [0.15, 0.2) is 0 Å². The van der Waals surface area contributed by atoms with E-state index in [4.69, 9.17) is 4.74 Å². The van der Waals surface area contributed by atoms with Crippen molar-refractivity contribution in [3.8, 4) is 0 Å². The number of hydrogen-bond donors (Lipinski definition) is 0. The monoisotopic (exact) mass is 342 g/mol. The van der Waals surface area contributed by atoms with Crippen molar-refractivity contribution in [2.45, 2.75) is 31.4 Å². The second-order valence-electron chi connectivity index (χ2n) is 6.99. The van der Waals surface area contributed by atoms with Crippen LogP contribution >= 0.6 is 0 Å². The molecule has 134 valence electrons. The third kappa shape index (κ3) is 3.39. The highest BCUT2D eigenvalue weighted by molar-refractivity contribution is 5.36. The van der Waals surface area contributed by atoms with Crippen molar-refractivity contribution in [3.63, 3.8) is 0 Å². The molecule has 4 heterocycles. The molecule has 0 amide bonds. The Labute approximate surface area is 148 Å². The highest BCUT2D eigenvalue weighted by Crippen LogP contribution is 2.29. The third-order valence-corrected chi connectivity index (χ3v) is 5.56. The number of aromatic nitrogens is 4. The Morgan fingerprint density at radius 3 is 2.92 bits per heavy atom. The van der Waals surface area contributed by atoms with Crippen molar-refractivity contribution in [1.82, 2.24) is 24.6 Å². The average Bonchev–Trinajstić information content (AvgIpc) is 3.05. The Balaban J connectivity index is 1.34. The van der Waals surface area contributed by atoms with Gasteiger partial charge < -0.3 is 14.5 Å². The number of anilines is 1.